The van der Waals surface area contributed by atoms with Crippen molar-refractivity contribution in [3.05, 3.63) is 24.0 Å². The van der Waals surface area contributed by atoms with Gasteiger partial charge in [-0.1, -0.05) is 19.3 Å². The highest BCUT2D eigenvalue weighted by Crippen LogP contribution is 2.37. The number of benzene rings is 1. The lowest BCUT2D eigenvalue weighted by Crippen LogP contribution is -2.37. The second-order valence-corrected chi connectivity index (χ2v) is 7.64. The number of sulfone groups is 1. The molecule has 1 aromatic carbocycles. The number of halogens is 1. The Labute approximate surface area is 129 Å². The summed E-state index contributed by atoms with van der Waals surface area (Å²) in [4.78, 5) is 12.3. The second kappa shape index (κ2) is 6.05. The summed E-state index contributed by atoms with van der Waals surface area (Å²) in [5, 5.41) is 11.7. The lowest BCUT2D eigenvalue weighted by molar-refractivity contribution is -0.124. The topological polar surface area (TPSA) is 87.0 Å². The van der Waals surface area contributed by atoms with Crippen molar-refractivity contribution in [2.45, 2.75) is 37.0 Å². The fourth-order valence-electron chi connectivity index (χ4n) is 2.62. The Kier molecular flexibility index (Phi) is 4.52. The Bertz CT molecular complexity index is 732. The first-order valence-corrected chi connectivity index (χ1v) is 8.90. The summed E-state index contributed by atoms with van der Waals surface area (Å²) >= 11 is 0. The largest absolute Gasteiger partial charge is 0.322 e. The molecule has 118 valence electrons. The van der Waals surface area contributed by atoms with Crippen LogP contribution < -0.4 is 5.32 Å². The third kappa shape index (κ3) is 3.28. The monoisotopic (exact) mass is 324 g/mol. The van der Waals surface area contributed by atoms with E-state index in [1.807, 2.05) is 6.07 Å². The predicted molar refractivity (Wildman–Crippen MR) is 79.3 cm³/mol. The van der Waals surface area contributed by atoms with E-state index in [-0.39, 0.29) is 10.6 Å². The summed E-state index contributed by atoms with van der Waals surface area (Å²) in [6.45, 7) is 0. The zero-order chi connectivity index (χ0) is 16.4. The fraction of sp³-hybridized carbons (Fsp3) is 0.467. The van der Waals surface area contributed by atoms with Gasteiger partial charge in [-0.3, -0.25) is 4.79 Å². The third-order valence-electron chi connectivity index (χ3n) is 3.97. The summed E-state index contributed by atoms with van der Waals surface area (Å²) in [5.41, 5.74) is -1.38. The van der Waals surface area contributed by atoms with Gasteiger partial charge in [0.05, 0.1) is 16.7 Å². The molecule has 0 aliphatic heterocycles. The zero-order valence-corrected chi connectivity index (χ0v) is 13.0. The third-order valence-corrected chi connectivity index (χ3v) is 5.08. The molecule has 0 bridgehead atoms. The molecule has 0 radical (unpaired) electrons. The first-order chi connectivity index (χ1) is 10.3. The molecule has 7 heteroatoms. The molecular weight excluding hydrogens is 307 g/mol. The average molecular weight is 324 g/mol. The van der Waals surface area contributed by atoms with Crippen molar-refractivity contribution in [1.82, 2.24) is 0 Å². The predicted octanol–water partition coefficient (Wildman–Crippen LogP) is 2.64. The van der Waals surface area contributed by atoms with Gasteiger partial charge in [-0.15, -0.1) is 0 Å². The van der Waals surface area contributed by atoms with Gasteiger partial charge in [-0.05, 0) is 31.0 Å². The molecule has 0 aromatic heterocycles. The minimum atomic E-state index is -3.51. The van der Waals surface area contributed by atoms with Gasteiger partial charge in [-0.25, -0.2) is 12.8 Å². The van der Waals surface area contributed by atoms with Crippen LogP contribution in [0.4, 0.5) is 10.1 Å². The SMILES string of the molecule is CS(=O)(=O)c1ccc(F)c(NC(=O)C2(C#N)CCCCC2)c1. The van der Waals surface area contributed by atoms with Gasteiger partial charge < -0.3 is 5.32 Å². The Morgan fingerprint density at radius 3 is 2.50 bits per heavy atom. The maximum absolute atomic E-state index is 13.8. The Morgan fingerprint density at radius 2 is 1.95 bits per heavy atom. The van der Waals surface area contributed by atoms with Crippen LogP contribution in [-0.4, -0.2) is 20.6 Å². The molecule has 1 aromatic rings. The molecule has 1 aliphatic carbocycles. The van der Waals surface area contributed by atoms with Gasteiger partial charge in [-0.2, -0.15) is 5.26 Å². The van der Waals surface area contributed by atoms with Crippen LogP contribution in [0.25, 0.3) is 0 Å². The number of carbonyl (C=O) groups excluding carboxylic acids is 1. The molecule has 22 heavy (non-hydrogen) atoms. The van der Waals surface area contributed by atoms with E-state index in [1.54, 1.807) is 0 Å². The number of nitriles is 1. The lowest BCUT2D eigenvalue weighted by Gasteiger charge is -2.29. The van der Waals surface area contributed by atoms with E-state index in [4.69, 9.17) is 0 Å². The molecule has 1 saturated carbocycles. The van der Waals surface area contributed by atoms with Crippen LogP contribution in [0.15, 0.2) is 23.1 Å². The first-order valence-electron chi connectivity index (χ1n) is 7.01. The van der Waals surface area contributed by atoms with Gasteiger partial charge in [0, 0.05) is 6.26 Å². The van der Waals surface area contributed by atoms with Crippen molar-refractivity contribution >= 4 is 21.4 Å². The number of nitrogens with one attached hydrogen (secondary N) is 1. The Hall–Kier alpha value is -1.94. The van der Waals surface area contributed by atoms with Crippen molar-refractivity contribution in [3.8, 4) is 6.07 Å². The van der Waals surface area contributed by atoms with Crippen molar-refractivity contribution in [1.29, 1.82) is 5.26 Å². The number of rotatable bonds is 3. The van der Waals surface area contributed by atoms with Crippen LogP contribution in [0.2, 0.25) is 0 Å². The molecule has 1 fully saturated rings. The lowest BCUT2D eigenvalue weighted by atomic mass is 9.74. The summed E-state index contributed by atoms with van der Waals surface area (Å²) in [6, 6.07) is 5.26. The van der Waals surface area contributed by atoms with E-state index in [9.17, 15) is 22.9 Å². The Morgan fingerprint density at radius 1 is 1.32 bits per heavy atom. The zero-order valence-electron chi connectivity index (χ0n) is 12.2. The summed E-state index contributed by atoms with van der Waals surface area (Å²) in [7, 11) is -3.51. The van der Waals surface area contributed by atoms with E-state index in [2.05, 4.69) is 5.32 Å². The van der Waals surface area contributed by atoms with Crippen molar-refractivity contribution in [3.63, 3.8) is 0 Å². The van der Waals surface area contributed by atoms with E-state index in [0.29, 0.717) is 12.8 Å². The van der Waals surface area contributed by atoms with Crippen molar-refractivity contribution in [2.24, 2.45) is 5.41 Å². The first kappa shape index (κ1) is 16.4. The van der Waals surface area contributed by atoms with Gasteiger partial charge in [0.25, 0.3) is 0 Å². The highest BCUT2D eigenvalue weighted by molar-refractivity contribution is 7.90. The molecular formula is C15H17FN2O3S. The molecule has 1 N–H and O–H groups in total. The van der Waals surface area contributed by atoms with Crippen LogP contribution in [0.3, 0.4) is 0 Å². The van der Waals surface area contributed by atoms with Gasteiger partial charge in [0.15, 0.2) is 9.84 Å². The maximum Gasteiger partial charge on any atom is 0.244 e. The second-order valence-electron chi connectivity index (χ2n) is 5.62. The van der Waals surface area contributed by atoms with Crippen LogP contribution in [0, 0.1) is 22.6 Å². The molecule has 1 amide bonds. The summed E-state index contributed by atoms with van der Waals surface area (Å²) in [6.07, 6.45) is 4.38. The van der Waals surface area contributed by atoms with Crippen LogP contribution in [-0.2, 0) is 14.6 Å². The molecule has 0 unspecified atom stereocenters. The molecule has 0 spiro atoms. The number of hydrogen-bond donors (Lipinski definition) is 1. The minimum Gasteiger partial charge on any atom is -0.322 e. The molecule has 0 atom stereocenters. The van der Waals surface area contributed by atoms with Gasteiger partial charge in [0.2, 0.25) is 5.91 Å². The van der Waals surface area contributed by atoms with E-state index < -0.39 is 27.0 Å². The fourth-order valence-corrected chi connectivity index (χ4v) is 3.26. The molecule has 2 rings (SSSR count). The van der Waals surface area contributed by atoms with Crippen LogP contribution in [0.5, 0.6) is 0 Å². The normalized spacial score (nSPS) is 17.5. The number of amides is 1. The van der Waals surface area contributed by atoms with Gasteiger partial charge in [0.1, 0.15) is 11.2 Å². The number of carbonyl (C=O) groups is 1. The van der Waals surface area contributed by atoms with Crippen LogP contribution >= 0.6 is 0 Å². The van der Waals surface area contributed by atoms with Crippen LogP contribution in [0.1, 0.15) is 32.1 Å². The maximum atomic E-state index is 13.8. The molecule has 0 saturated heterocycles. The highest BCUT2D eigenvalue weighted by atomic mass is 32.2. The Balaban J connectivity index is 2.30. The quantitative estimate of drug-likeness (QED) is 0.866. The van der Waals surface area contributed by atoms with Gasteiger partial charge >= 0.3 is 0 Å². The van der Waals surface area contributed by atoms with Crippen molar-refractivity contribution < 1.29 is 17.6 Å². The minimum absolute atomic E-state index is 0.0844. The molecule has 0 heterocycles. The number of nitrogens with zero attached hydrogens (tertiary/aromatic N) is 1. The molecule has 5 nitrogen and oxygen atoms in total. The van der Waals surface area contributed by atoms with E-state index in [0.717, 1.165) is 43.7 Å². The smallest absolute Gasteiger partial charge is 0.244 e. The van der Waals surface area contributed by atoms with Crippen molar-refractivity contribution in [2.75, 3.05) is 11.6 Å². The summed E-state index contributed by atoms with van der Waals surface area (Å²) in [5.74, 6) is -1.30. The molecule has 1 aliphatic rings. The van der Waals surface area contributed by atoms with E-state index in [1.165, 1.54) is 0 Å². The number of hydrogen-bond acceptors (Lipinski definition) is 4. The number of anilines is 1. The highest BCUT2D eigenvalue weighted by Gasteiger charge is 2.40. The average Bonchev–Trinajstić information content (AvgIpc) is 2.49. The van der Waals surface area contributed by atoms with E-state index >= 15 is 0 Å². The summed E-state index contributed by atoms with van der Waals surface area (Å²) < 4.78 is 36.9. The standard InChI is InChI=1S/C15H17FN2O3S/c1-22(20,21)11-5-6-12(16)13(9-11)18-14(19)15(10-17)7-3-2-4-8-15/h5-6,9H,2-4,7-8H2,1H3,(H,18,19).